The number of carboxylic acid groups (broad SMARTS) is 1. The number of hydrogen-bond donors (Lipinski definition) is 2. The Kier molecular flexibility index (Phi) is 4.20. The molecule has 19 heavy (non-hydrogen) atoms. The zero-order valence-corrected chi connectivity index (χ0v) is 11.1. The Morgan fingerprint density at radius 2 is 1.89 bits per heavy atom. The van der Waals surface area contributed by atoms with Crippen molar-refractivity contribution in [1.82, 2.24) is 5.32 Å². The summed E-state index contributed by atoms with van der Waals surface area (Å²) in [6, 6.07) is 7.09. The number of amides is 1. The molecule has 1 aliphatic rings. The van der Waals surface area contributed by atoms with Gasteiger partial charge in [0, 0.05) is 11.6 Å². The van der Waals surface area contributed by atoms with Crippen LogP contribution in [0.4, 0.5) is 0 Å². The second kappa shape index (κ2) is 5.87. The summed E-state index contributed by atoms with van der Waals surface area (Å²) in [5.41, 5.74) is 1.53. The number of carboxylic acids is 1. The molecule has 1 fully saturated rings. The van der Waals surface area contributed by atoms with Gasteiger partial charge in [0.25, 0.3) is 5.91 Å². The number of aryl methyl sites for hydroxylation is 1. The molecule has 4 heteroatoms. The maximum absolute atomic E-state index is 12.2. The lowest BCUT2D eigenvalue weighted by atomic mass is 9.84. The molecule has 1 saturated carbocycles. The number of carbonyl (C=O) groups excluding carboxylic acids is 1. The van der Waals surface area contributed by atoms with Crippen LogP contribution < -0.4 is 5.32 Å². The van der Waals surface area contributed by atoms with Crippen LogP contribution in [-0.2, 0) is 4.79 Å². The van der Waals surface area contributed by atoms with Gasteiger partial charge in [-0.2, -0.15) is 0 Å². The second-order valence-electron chi connectivity index (χ2n) is 5.12. The third-order valence-electron chi connectivity index (χ3n) is 3.79. The van der Waals surface area contributed by atoms with Crippen LogP contribution in [0.2, 0.25) is 0 Å². The molecule has 1 aromatic carbocycles. The van der Waals surface area contributed by atoms with E-state index < -0.39 is 11.9 Å². The van der Waals surface area contributed by atoms with Crippen LogP contribution in [0, 0.1) is 12.8 Å². The summed E-state index contributed by atoms with van der Waals surface area (Å²) >= 11 is 0. The summed E-state index contributed by atoms with van der Waals surface area (Å²) in [4.78, 5) is 23.4. The molecule has 102 valence electrons. The average Bonchev–Trinajstić information content (AvgIpc) is 2.39. The van der Waals surface area contributed by atoms with E-state index in [1.54, 1.807) is 6.07 Å². The summed E-state index contributed by atoms with van der Waals surface area (Å²) in [5, 5.41) is 12.1. The van der Waals surface area contributed by atoms with Crippen molar-refractivity contribution in [3.05, 3.63) is 35.4 Å². The highest BCUT2D eigenvalue weighted by Crippen LogP contribution is 2.25. The van der Waals surface area contributed by atoms with Gasteiger partial charge in [0.1, 0.15) is 0 Å². The summed E-state index contributed by atoms with van der Waals surface area (Å²) in [6.45, 7) is 1.88. The molecule has 1 amide bonds. The molecule has 0 aliphatic heterocycles. The SMILES string of the molecule is Cc1ccccc1C(=O)NC1CCCCC1C(=O)O. The Morgan fingerprint density at radius 1 is 1.21 bits per heavy atom. The molecule has 2 atom stereocenters. The molecule has 2 unspecified atom stereocenters. The molecule has 0 radical (unpaired) electrons. The molecule has 1 aromatic rings. The Bertz CT molecular complexity index is 484. The van der Waals surface area contributed by atoms with Crippen LogP contribution in [0.15, 0.2) is 24.3 Å². The van der Waals surface area contributed by atoms with Crippen molar-refractivity contribution >= 4 is 11.9 Å². The van der Waals surface area contributed by atoms with E-state index in [2.05, 4.69) is 5.32 Å². The third-order valence-corrected chi connectivity index (χ3v) is 3.79. The van der Waals surface area contributed by atoms with Crippen LogP contribution >= 0.6 is 0 Å². The summed E-state index contributed by atoms with van der Waals surface area (Å²) in [5.74, 6) is -1.44. The van der Waals surface area contributed by atoms with Gasteiger partial charge in [-0.3, -0.25) is 9.59 Å². The lowest BCUT2D eigenvalue weighted by Gasteiger charge is -2.29. The van der Waals surface area contributed by atoms with Crippen molar-refractivity contribution < 1.29 is 14.7 Å². The predicted octanol–water partition coefficient (Wildman–Crippen LogP) is 2.37. The van der Waals surface area contributed by atoms with Crippen molar-refractivity contribution in [2.75, 3.05) is 0 Å². The molecular formula is C15H19NO3. The lowest BCUT2D eigenvalue weighted by Crippen LogP contribution is -2.45. The maximum Gasteiger partial charge on any atom is 0.308 e. The number of hydrogen-bond acceptors (Lipinski definition) is 2. The van der Waals surface area contributed by atoms with Crippen molar-refractivity contribution in [3.63, 3.8) is 0 Å². The van der Waals surface area contributed by atoms with Crippen LogP contribution in [-0.4, -0.2) is 23.0 Å². The molecule has 0 spiro atoms. The minimum absolute atomic E-state index is 0.170. The Hall–Kier alpha value is -1.84. The fourth-order valence-electron chi connectivity index (χ4n) is 2.67. The first-order valence-electron chi connectivity index (χ1n) is 6.69. The van der Waals surface area contributed by atoms with Crippen molar-refractivity contribution in [1.29, 1.82) is 0 Å². The predicted molar refractivity (Wildman–Crippen MR) is 72.0 cm³/mol. The smallest absolute Gasteiger partial charge is 0.308 e. The summed E-state index contributed by atoms with van der Waals surface area (Å²) in [6.07, 6.45) is 3.29. The minimum Gasteiger partial charge on any atom is -0.481 e. The zero-order valence-electron chi connectivity index (χ0n) is 11.1. The minimum atomic E-state index is -0.810. The van der Waals surface area contributed by atoms with Gasteiger partial charge in [0.05, 0.1) is 5.92 Å². The van der Waals surface area contributed by atoms with E-state index in [1.165, 1.54) is 0 Å². The Labute approximate surface area is 112 Å². The van der Waals surface area contributed by atoms with E-state index in [9.17, 15) is 14.7 Å². The first-order chi connectivity index (χ1) is 9.09. The average molecular weight is 261 g/mol. The highest BCUT2D eigenvalue weighted by atomic mass is 16.4. The molecule has 0 heterocycles. The van der Waals surface area contributed by atoms with Crippen molar-refractivity contribution in [3.8, 4) is 0 Å². The van der Waals surface area contributed by atoms with Crippen LogP contribution in [0.3, 0.4) is 0 Å². The molecule has 0 aromatic heterocycles. The standard InChI is InChI=1S/C15H19NO3/c1-10-6-2-3-7-11(10)14(17)16-13-9-5-4-8-12(13)15(18)19/h2-3,6-7,12-13H,4-5,8-9H2,1H3,(H,16,17)(H,18,19). The first-order valence-corrected chi connectivity index (χ1v) is 6.69. The van der Waals surface area contributed by atoms with Gasteiger partial charge < -0.3 is 10.4 Å². The third kappa shape index (κ3) is 3.13. The number of carbonyl (C=O) groups is 2. The van der Waals surface area contributed by atoms with E-state index >= 15 is 0 Å². The normalized spacial score (nSPS) is 22.8. The summed E-state index contributed by atoms with van der Waals surface area (Å²) < 4.78 is 0. The molecule has 0 bridgehead atoms. The fraction of sp³-hybridized carbons (Fsp3) is 0.467. The van der Waals surface area contributed by atoms with E-state index in [4.69, 9.17) is 0 Å². The molecule has 2 rings (SSSR count). The van der Waals surface area contributed by atoms with Crippen LogP contribution in [0.5, 0.6) is 0 Å². The van der Waals surface area contributed by atoms with Gasteiger partial charge in [-0.15, -0.1) is 0 Å². The quantitative estimate of drug-likeness (QED) is 0.877. The van der Waals surface area contributed by atoms with Gasteiger partial charge in [0.2, 0.25) is 0 Å². The second-order valence-corrected chi connectivity index (χ2v) is 5.12. The topological polar surface area (TPSA) is 66.4 Å². The lowest BCUT2D eigenvalue weighted by molar-refractivity contribution is -0.143. The van der Waals surface area contributed by atoms with Crippen molar-refractivity contribution in [2.45, 2.75) is 38.6 Å². The van der Waals surface area contributed by atoms with Gasteiger partial charge in [-0.05, 0) is 31.4 Å². The number of aliphatic carboxylic acids is 1. The summed E-state index contributed by atoms with van der Waals surface area (Å²) in [7, 11) is 0. The maximum atomic E-state index is 12.2. The molecule has 1 aliphatic carbocycles. The first kappa shape index (κ1) is 13.6. The van der Waals surface area contributed by atoms with E-state index in [1.807, 2.05) is 25.1 Å². The van der Waals surface area contributed by atoms with Gasteiger partial charge in [-0.25, -0.2) is 0 Å². The number of nitrogens with one attached hydrogen (secondary N) is 1. The van der Waals surface area contributed by atoms with E-state index in [0.717, 1.165) is 24.8 Å². The number of rotatable bonds is 3. The van der Waals surface area contributed by atoms with Crippen molar-refractivity contribution in [2.24, 2.45) is 5.92 Å². The Balaban J connectivity index is 2.09. The number of benzene rings is 1. The van der Waals surface area contributed by atoms with E-state index in [0.29, 0.717) is 12.0 Å². The van der Waals surface area contributed by atoms with Gasteiger partial charge in [-0.1, -0.05) is 31.0 Å². The zero-order chi connectivity index (χ0) is 13.8. The van der Waals surface area contributed by atoms with Crippen LogP contribution in [0.1, 0.15) is 41.6 Å². The molecule has 0 saturated heterocycles. The molecule has 4 nitrogen and oxygen atoms in total. The molecule has 2 N–H and O–H groups in total. The van der Waals surface area contributed by atoms with Gasteiger partial charge >= 0.3 is 5.97 Å². The van der Waals surface area contributed by atoms with Gasteiger partial charge in [0.15, 0.2) is 0 Å². The largest absolute Gasteiger partial charge is 0.481 e. The fourth-order valence-corrected chi connectivity index (χ4v) is 2.67. The molecular weight excluding hydrogens is 242 g/mol. The highest BCUT2D eigenvalue weighted by molar-refractivity contribution is 5.96. The monoisotopic (exact) mass is 261 g/mol. The Morgan fingerprint density at radius 3 is 2.58 bits per heavy atom. The van der Waals surface area contributed by atoms with E-state index in [-0.39, 0.29) is 11.9 Å². The highest BCUT2D eigenvalue weighted by Gasteiger charge is 2.32. The van der Waals surface area contributed by atoms with Crippen LogP contribution in [0.25, 0.3) is 0 Å².